The number of imide groups is 2. The molecule has 0 radical (unpaired) electrons. The molecule has 0 spiro atoms. The molecule has 0 aromatic heterocycles. The van der Waals surface area contributed by atoms with E-state index in [9.17, 15) is 24.3 Å². The van der Waals surface area contributed by atoms with Crippen molar-refractivity contribution < 1.29 is 33.8 Å². The average Bonchev–Trinajstić information content (AvgIpc) is 3.63. The molecule has 2 N–H and O–H groups in total. The molecule has 58 heavy (non-hydrogen) atoms. The zero-order chi connectivity index (χ0) is 40.3. The van der Waals surface area contributed by atoms with Crippen LogP contribution in [0.2, 0.25) is 0 Å². The number of hydrogen-bond acceptors (Lipinski definition) is 8. The molecule has 10 nitrogen and oxygen atoms in total. The van der Waals surface area contributed by atoms with Crippen molar-refractivity contribution in [3.8, 4) is 11.5 Å². The molecule has 1 saturated carbocycles. The number of ketones is 1. The molecule has 10 heteroatoms. The van der Waals surface area contributed by atoms with Gasteiger partial charge in [-0.05, 0) is 80.6 Å². The van der Waals surface area contributed by atoms with Crippen molar-refractivity contribution in [2.75, 3.05) is 16.9 Å². The summed E-state index contributed by atoms with van der Waals surface area (Å²) in [5.41, 5.74) is 6.12. The first-order chi connectivity index (χ1) is 28.1. The first-order valence-electron chi connectivity index (χ1n) is 19.6. The Kier molecular flexibility index (Phi) is 9.07. The highest BCUT2D eigenvalue weighted by atomic mass is 16.5. The molecule has 9 rings (SSSR count). The van der Waals surface area contributed by atoms with E-state index >= 15 is 4.79 Å². The van der Waals surface area contributed by atoms with Crippen molar-refractivity contribution in [1.29, 1.82) is 0 Å². The summed E-state index contributed by atoms with van der Waals surface area (Å²) in [5, 5.41) is 13.1. The topological polar surface area (TPSA) is 133 Å². The Bertz CT molecular complexity index is 2500. The lowest BCUT2D eigenvalue weighted by Crippen LogP contribution is -2.53. The number of hydrazine groups is 1. The summed E-state index contributed by atoms with van der Waals surface area (Å²) >= 11 is 0. The lowest BCUT2D eigenvalue weighted by atomic mass is 9.49. The van der Waals surface area contributed by atoms with Crippen LogP contribution in [-0.4, -0.2) is 46.1 Å². The van der Waals surface area contributed by atoms with Crippen LogP contribution in [0.15, 0.2) is 139 Å². The van der Waals surface area contributed by atoms with Crippen molar-refractivity contribution in [2.45, 2.75) is 38.0 Å². The van der Waals surface area contributed by atoms with Crippen LogP contribution in [0, 0.1) is 30.6 Å². The Hall–Kier alpha value is -6.81. The minimum absolute atomic E-state index is 0.109. The molecule has 2 aliphatic carbocycles. The van der Waals surface area contributed by atoms with Gasteiger partial charge in [-0.3, -0.25) is 34.3 Å². The van der Waals surface area contributed by atoms with E-state index in [1.165, 1.54) is 4.90 Å². The molecule has 2 saturated heterocycles. The number of carbonyl (C=O) groups excluding carboxylic acids is 5. The fraction of sp³-hybridized carbons (Fsp3) is 0.229. The number of phenolic OH excluding ortho intramolecular Hbond substituents is 1. The van der Waals surface area contributed by atoms with Crippen molar-refractivity contribution in [3.05, 3.63) is 167 Å². The Morgan fingerprint density at radius 1 is 0.776 bits per heavy atom. The summed E-state index contributed by atoms with van der Waals surface area (Å²) < 4.78 is 5.85. The number of nitrogens with one attached hydrogen (secondary N) is 1. The second kappa shape index (κ2) is 14.3. The Balaban J connectivity index is 1.16. The van der Waals surface area contributed by atoms with Crippen LogP contribution in [-0.2, 0) is 24.6 Å². The van der Waals surface area contributed by atoms with Crippen LogP contribution in [0.25, 0.3) is 0 Å². The number of allylic oxidation sites excluding steroid dienone is 2. The second-order valence-corrected chi connectivity index (χ2v) is 15.5. The van der Waals surface area contributed by atoms with E-state index in [-0.39, 0.29) is 42.6 Å². The third-order valence-corrected chi connectivity index (χ3v) is 12.5. The van der Waals surface area contributed by atoms with Crippen molar-refractivity contribution in [2.24, 2.45) is 23.7 Å². The van der Waals surface area contributed by atoms with Gasteiger partial charge in [-0.2, -0.15) is 5.01 Å². The highest BCUT2D eigenvalue weighted by Gasteiger charge is 2.70. The number of carbonyl (C=O) groups is 5. The number of hydrogen-bond donors (Lipinski definition) is 2. The van der Waals surface area contributed by atoms with E-state index in [1.807, 2.05) is 68.5 Å². The number of benzene rings is 5. The fourth-order valence-corrected chi connectivity index (χ4v) is 9.91. The third kappa shape index (κ3) is 5.57. The number of nitrogens with zero attached hydrogens (tertiary/aromatic N) is 2. The van der Waals surface area contributed by atoms with Crippen LogP contribution >= 0.6 is 0 Å². The highest BCUT2D eigenvalue weighted by Crippen LogP contribution is 2.65. The van der Waals surface area contributed by atoms with E-state index < -0.39 is 52.7 Å². The monoisotopic (exact) mass is 771 g/mol. The number of fused-ring (bicyclic) bond motifs is 4. The van der Waals surface area contributed by atoms with E-state index in [1.54, 1.807) is 78.9 Å². The zero-order valence-corrected chi connectivity index (χ0v) is 32.0. The van der Waals surface area contributed by atoms with Gasteiger partial charge in [0.1, 0.15) is 0 Å². The molecule has 5 aromatic rings. The average molecular weight is 772 g/mol. The van der Waals surface area contributed by atoms with Gasteiger partial charge < -0.3 is 9.84 Å². The SMILES string of the molecule is CCOc1cccc([C@H]2C3=CC[C@@H]4C(=O)N(c5ccc(C(=O)c6ccccc6)cc5)C(=O)[C@@H]4[C@@H]3C[C@H]3C(=O)N(Nc4ccc(C)cc4)C(=O)[C@@]23c2ccccc2)c1O. The van der Waals surface area contributed by atoms with Crippen molar-refractivity contribution in [1.82, 2.24) is 5.01 Å². The minimum atomic E-state index is -1.54. The summed E-state index contributed by atoms with van der Waals surface area (Å²) in [4.78, 5) is 73.8. The zero-order valence-electron chi connectivity index (χ0n) is 32.0. The molecule has 4 amide bonds. The van der Waals surface area contributed by atoms with Gasteiger partial charge in [0.05, 0.1) is 41.2 Å². The Labute approximate surface area is 335 Å². The molecule has 0 unspecified atom stereocenters. The van der Waals surface area contributed by atoms with E-state index in [2.05, 4.69) is 5.43 Å². The molecule has 2 heterocycles. The van der Waals surface area contributed by atoms with Crippen molar-refractivity contribution in [3.63, 3.8) is 0 Å². The maximum absolute atomic E-state index is 15.4. The molecular weight excluding hydrogens is 731 g/mol. The summed E-state index contributed by atoms with van der Waals surface area (Å²) in [6.45, 7) is 4.04. The number of aryl methyl sites for hydroxylation is 1. The number of para-hydroxylation sites is 1. The molecule has 2 aliphatic heterocycles. The smallest absolute Gasteiger partial charge is 0.260 e. The second-order valence-electron chi connectivity index (χ2n) is 15.5. The normalized spacial score (nSPS) is 24.9. The van der Waals surface area contributed by atoms with Gasteiger partial charge in [0, 0.05) is 22.6 Å². The maximum Gasteiger partial charge on any atom is 0.260 e. The maximum atomic E-state index is 15.4. The number of aromatic hydroxyl groups is 1. The molecule has 4 aliphatic rings. The van der Waals surface area contributed by atoms with Gasteiger partial charge in [-0.1, -0.05) is 102 Å². The standard InChI is InChI=1S/C48H41N3O7/c1-3-58-39-16-10-15-36(43(39)53)41-34-25-26-35-40(46(56)50(44(35)54)33-23-19-30(20-24-33)42(52)29-11-6-4-7-12-29)37(34)27-38-45(55)51(49-32-21-17-28(2)18-22-32)47(57)48(38,41)31-13-8-5-9-14-31/h4-25,35,37-38,40-41,49,53H,3,26-27H2,1-2H3/t35-,37+,38-,40-,41+,48+/m0/s1. The first kappa shape index (κ1) is 36.8. The van der Waals surface area contributed by atoms with Crippen molar-refractivity contribution >= 4 is 40.8 Å². The van der Waals surface area contributed by atoms with Gasteiger partial charge in [-0.15, -0.1) is 0 Å². The van der Waals surface area contributed by atoms with Crippen LogP contribution in [0.4, 0.5) is 11.4 Å². The van der Waals surface area contributed by atoms with E-state index in [0.717, 1.165) is 16.1 Å². The number of amides is 4. The highest BCUT2D eigenvalue weighted by molar-refractivity contribution is 6.23. The van der Waals surface area contributed by atoms with Crippen LogP contribution in [0.3, 0.4) is 0 Å². The third-order valence-electron chi connectivity index (χ3n) is 12.5. The summed E-state index contributed by atoms with van der Waals surface area (Å²) in [6.07, 6.45) is 2.28. The minimum Gasteiger partial charge on any atom is -0.504 e. The van der Waals surface area contributed by atoms with Gasteiger partial charge in [-0.25, -0.2) is 0 Å². The lowest BCUT2D eigenvalue weighted by molar-refractivity contribution is -0.138. The first-order valence-corrected chi connectivity index (χ1v) is 19.6. The van der Waals surface area contributed by atoms with Gasteiger partial charge in [0.15, 0.2) is 17.3 Å². The van der Waals surface area contributed by atoms with Gasteiger partial charge in [0.2, 0.25) is 11.8 Å². The lowest BCUT2D eigenvalue weighted by Gasteiger charge is -2.50. The molecule has 3 fully saturated rings. The summed E-state index contributed by atoms with van der Waals surface area (Å²) in [7, 11) is 0. The quantitative estimate of drug-likeness (QED) is 0.0894. The summed E-state index contributed by atoms with van der Waals surface area (Å²) in [6, 6.07) is 37.1. The molecule has 6 atom stereocenters. The van der Waals surface area contributed by atoms with Crippen LogP contribution in [0.1, 0.15) is 58.3 Å². The molecular formula is C48H41N3O7. The number of anilines is 2. The number of rotatable bonds is 9. The summed E-state index contributed by atoms with van der Waals surface area (Å²) in [5.74, 6) is -5.90. The van der Waals surface area contributed by atoms with E-state index in [4.69, 9.17) is 4.74 Å². The largest absolute Gasteiger partial charge is 0.504 e. The number of ether oxygens (including phenoxy) is 1. The number of phenols is 1. The van der Waals surface area contributed by atoms with Gasteiger partial charge >= 0.3 is 0 Å². The predicted molar refractivity (Wildman–Crippen MR) is 217 cm³/mol. The molecule has 5 aromatic carbocycles. The predicted octanol–water partition coefficient (Wildman–Crippen LogP) is 7.52. The Morgan fingerprint density at radius 2 is 1.45 bits per heavy atom. The molecule has 0 bridgehead atoms. The van der Waals surface area contributed by atoms with Crippen LogP contribution in [0.5, 0.6) is 11.5 Å². The Morgan fingerprint density at radius 3 is 2.14 bits per heavy atom. The fourth-order valence-electron chi connectivity index (χ4n) is 9.91. The van der Waals surface area contributed by atoms with Gasteiger partial charge in [0.25, 0.3) is 11.8 Å². The van der Waals surface area contributed by atoms with E-state index in [0.29, 0.717) is 33.6 Å². The van der Waals surface area contributed by atoms with Crippen LogP contribution < -0.4 is 15.1 Å². The molecule has 290 valence electrons.